The maximum atomic E-state index is 10.7. The number of hydrogen-bond acceptors (Lipinski definition) is 6. The summed E-state index contributed by atoms with van der Waals surface area (Å²) in [6.45, 7) is 4.81. The lowest BCUT2D eigenvalue weighted by atomic mass is 10.1. The monoisotopic (exact) mass is 489 g/mol. The minimum absolute atomic E-state index is 0.127. The molecule has 0 radical (unpaired) electrons. The second-order valence-corrected chi connectivity index (χ2v) is 9.24. The molecule has 4 rings (SSSR count). The summed E-state index contributed by atoms with van der Waals surface area (Å²) in [7, 11) is 1.90. The van der Waals surface area contributed by atoms with Gasteiger partial charge in [0.25, 0.3) is 0 Å². The van der Waals surface area contributed by atoms with E-state index in [1.807, 2.05) is 56.4 Å². The highest BCUT2D eigenvalue weighted by atomic mass is 16.5. The molecule has 3 aromatic rings. The molecule has 1 aliphatic heterocycles. The molecule has 2 atom stereocenters. The van der Waals surface area contributed by atoms with Crippen molar-refractivity contribution in [1.29, 1.82) is 0 Å². The summed E-state index contributed by atoms with van der Waals surface area (Å²) >= 11 is 0. The molecule has 1 aliphatic rings. The Labute approximate surface area is 213 Å². The highest BCUT2D eigenvalue weighted by Crippen LogP contribution is 2.34. The lowest BCUT2D eigenvalue weighted by Crippen LogP contribution is -2.39. The van der Waals surface area contributed by atoms with Gasteiger partial charge in [0.05, 0.1) is 24.4 Å². The van der Waals surface area contributed by atoms with Gasteiger partial charge < -0.3 is 19.3 Å². The van der Waals surface area contributed by atoms with E-state index in [1.54, 1.807) is 4.68 Å². The van der Waals surface area contributed by atoms with Crippen LogP contribution in [0.2, 0.25) is 0 Å². The van der Waals surface area contributed by atoms with Crippen LogP contribution < -0.4 is 4.74 Å². The van der Waals surface area contributed by atoms with Crippen molar-refractivity contribution < 1.29 is 19.3 Å². The third-order valence-corrected chi connectivity index (χ3v) is 6.17. The van der Waals surface area contributed by atoms with Crippen LogP contribution in [0.1, 0.15) is 24.0 Å². The fourth-order valence-corrected chi connectivity index (χ4v) is 4.55. The number of ether oxygens (including phenoxy) is 3. The summed E-state index contributed by atoms with van der Waals surface area (Å²) in [6.07, 6.45) is 6.78. The van der Waals surface area contributed by atoms with Crippen LogP contribution >= 0.6 is 0 Å². The van der Waals surface area contributed by atoms with Crippen LogP contribution in [0, 0.1) is 19.3 Å². The van der Waals surface area contributed by atoms with E-state index < -0.39 is 6.10 Å². The van der Waals surface area contributed by atoms with Crippen molar-refractivity contribution in [2.24, 2.45) is 7.05 Å². The van der Waals surface area contributed by atoms with Gasteiger partial charge in [-0.15, -0.1) is 6.42 Å². The van der Waals surface area contributed by atoms with E-state index in [1.165, 1.54) is 0 Å². The number of hydrogen-bond donors (Lipinski definition) is 1. The molecule has 2 heterocycles. The van der Waals surface area contributed by atoms with Gasteiger partial charge in [0.1, 0.15) is 18.1 Å². The first-order valence-electron chi connectivity index (χ1n) is 12.4. The molecule has 7 nitrogen and oxygen atoms in total. The van der Waals surface area contributed by atoms with Crippen molar-refractivity contribution in [3.05, 3.63) is 65.7 Å². The average Bonchev–Trinajstić information content (AvgIpc) is 3.48. The van der Waals surface area contributed by atoms with E-state index in [0.29, 0.717) is 25.5 Å². The predicted octanol–water partition coefficient (Wildman–Crippen LogP) is 4.18. The number of nitrogens with zero attached hydrogens (tertiary/aromatic N) is 3. The Kier molecular flexibility index (Phi) is 9.15. The molecule has 1 saturated heterocycles. The van der Waals surface area contributed by atoms with Gasteiger partial charge in [-0.3, -0.25) is 4.90 Å². The molecule has 0 bridgehead atoms. The normalized spacial score (nSPS) is 16.2. The van der Waals surface area contributed by atoms with Gasteiger partial charge in [-0.1, -0.05) is 48.4 Å². The molecule has 0 aliphatic carbocycles. The van der Waals surface area contributed by atoms with Gasteiger partial charge in [-0.2, -0.15) is 5.10 Å². The molecule has 0 spiro atoms. The summed E-state index contributed by atoms with van der Waals surface area (Å²) in [5.74, 6) is 3.88. The van der Waals surface area contributed by atoms with Gasteiger partial charge in [-0.25, -0.2) is 4.68 Å². The van der Waals surface area contributed by atoms with Gasteiger partial charge in [0.2, 0.25) is 5.88 Å². The Balaban J connectivity index is 1.65. The van der Waals surface area contributed by atoms with Crippen LogP contribution in [-0.2, 0) is 23.1 Å². The number of aliphatic hydroxyl groups is 1. The average molecular weight is 490 g/mol. The van der Waals surface area contributed by atoms with Crippen LogP contribution in [0.15, 0.2) is 54.6 Å². The molecule has 0 amide bonds. The first kappa shape index (κ1) is 25.9. The lowest BCUT2D eigenvalue weighted by molar-refractivity contribution is 0.00943. The highest BCUT2D eigenvalue weighted by molar-refractivity contribution is 5.65. The molecule has 190 valence electrons. The summed E-state index contributed by atoms with van der Waals surface area (Å²) < 4.78 is 19.5. The molecule has 36 heavy (non-hydrogen) atoms. The number of terminal acetylenes is 1. The van der Waals surface area contributed by atoms with E-state index in [4.69, 9.17) is 25.7 Å². The van der Waals surface area contributed by atoms with Crippen LogP contribution in [0.4, 0.5) is 0 Å². The molecule has 1 fully saturated rings. The van der Waals surface area contributed by atoms with Crippen LogP contribution in [0.5, 0.6) is 11.6 Å². The third-order valence-electron chi connectivity index (χ3n) is 6.17. The molecule has 1 N–H and O–H groups in total. The van der Waals surface area contributed by atoms with Crippen LogP contribution in [-0.4, -0.2) is 64.9 Å². The maximum Gasteiger partial charge on any atom is 0.222 e. The zero-order valence-electron chi connectivity index (χ0n) is 21.1. The topological polar surface area (TPSA) is 69.0 Å². The second kappa shape index (κ2) is 12.7. The summed E-state index contributed by atoms with van der Waals surface area (Å²) in [6, 6.07) is 18.1. The van der Waals surface area contributed by atoms with Crippen molar-refractivity contribution >= 4 is 0 Å². The molecule has 2 aromatic carbocycles. The molecular formula is C29H35N3O4. The van der Waals surface area contributed by atoms with Crippen molar-refractivity contribution in [3.8, 4) is 35.2 Å². The lowest BCUT2D eigenvalue weighted by Gasteiger charge is -2.27. The fourth-order valence-electron chi connectivity index (χ4n) is 4.55. The Bertz CT molecular complexity index is 1150. The molecule has 0 saturated carbocycles. The summed E-state index contributed by atoms with van der Waals surface area (Å²) in [4.78, 5) is 2.20. The first-order chi connectivity index (χ1) is 17.5. The number of aliphatic hydroxyl groups excluding tert-OH is 1. The summed E-state index contributed by atoms with van der Waals surface area (Å²) in [5.41, 5.74) is 3.95. The van der Waals surface area contributed by atoms with Gasteiger partial charge in [0, 0.05) is 38.9 Å². The Morgan fingerprint density at radius 1 is 1.25 bits per heavy atom. The Morgan fingerprint density at radius 3 is 2.81 bits per heavy atom. The third kappa shape index (κ3) is 6.96. The van der Waals surface area contributed by atoms with Crippen molar-refractivity contribution in [1.82, 2.24) is 14.7 Å². The Morgan fingerprint density at radius 2 is 2.08 bits per heavy atom. The van der Waals surface area contributed by atoms with Gasteiger partial charge in [0.15, 0.2) is 0 Å². The largest absolute Gasteiger partial charge is 0.439 e. The van der Waals surface area contributed by atoms with E-state index in [9.17, 15) is 5.11 Å². The predicted molar refractivity (Wildman–Crippen MR) is 140 cm³/mol. The molecule has 7 heteroatoms. The van der Waals surface area contributed by atoms with E-state index in [-0.39, 0.29) is 19.3 Å². The summed E-state index contributed by atoms with van der Waals surface area (Å²) in [5, 5.41) is 15.5. The van der Waals surface area contributed by atoms with Crippen molar-refractivity contribution in [3.63, 3.8) is 0 Å². The van der Waals surface area contributed by atoms with Crippen molar-refractivity contribution in [2.75, 3.05) is 32.9 Å². The number of benzene rings is 2. The fraction of sp³-hybridized carbons (Fsp3) is 0.414. The van der Waals surface area contributed by atoms with Crippen LogP contribution in [0.25, 0.3) is 11.3 Å². The van der Waals surface area contributed by atoms with E-state index in [2.05, 4.69) is 23.0 Å². The quantitative estimate of drug-likeness (QED) is 0.304. The van der Waals surface area contributed by atoms with E-state index >= 15 is 0 Å². The minimum Gasteiger partial charge on any atom is -0.439 e. The van der Waals surface area contributed by atoms with Crippen LogP contribution in [0.3, 0.4) is 0 Å². The molecular weight excluding hydrogens is 454 g/mol. The Hall–Kier alpha value is -3.15. The number of aromatic nitrogens is 2. The van der Waals surface area contributed by atoms with E-state index in [0.717, 1.165) is 47.6 Å². The van der Waals surface area contributed by atoms with Crippen molar-refractivity contribution in [2.45, 2.75) is 38.5 Å². The number of aryl methyl sites for hydroxylation is 2. The molecule has 0 unspecified atom stereocenters. The maximum absolute atomic E-state index is 10.7. The SMILES string of the molecule is C#CCOC[C@H](O)CN(Cc1c(-c2ccccc2)nn(C)c1Oc1cccc(C)c1)C[C@@H]1CCCO1. The highest BCUT2D eigenvalue weighted by Gasteiger charge is 2.26. The standard InChI is InChI=1S/C29H35N3O4/c1-4-15-34-21-24(33)18-32(19-26-14-9-16-35-26)20-27-28(23-11-6-5-7-12-23)30-31(3)29(27)36-25-13-8-10-22(2)17-25/h1,5-8,10-13,17,24,26,33H,9,14-16,18-21H2,2-3H3/t24-,26+/m1/s1. The zero-order valence-corrected chi connectivity index (χ0v) is 21.1. The molecule has 1 aromatic heterocycles. The second-order valence-electron chi connectivity index (χ2n) is 9.24. The smallest absolute Gasteiger partial charge is 0.222 e. The van der Waals surface area contributed by atoms with Gasteiger partial charge in [-0.05, 0) is 37.5 Å². The first-order valence-corrected chi connectivity index (χ1v) is 12.4. The van der Waals surface area contributed by atoms with Gasteiger partial charge >= 0.3 is 0 Å². The minimum atomic E-state index is -0.683. The number of rotatable bonds is 12. The zero-order chi connectivity index (χ0) is 25.3.